The van der Waals surface area contributed by atoms with Crippen LogP contribution in [-0.2, 0) is 15.8 Å². The van der Waals surface area contributed by atoms with Crippen molar-refractivity contribution in [2.24, 2.45) is 5.92 Å². The van der Waals surface area contributed by atoms with Crippen molar-refractivity contribution in [1.82, 2.24) is 14.9 Å². The Morgan fingerprint density at radius 1 is 1.00 bits per heavy atom. The van der Waals surface area contributed by atoms with E-state index in [2.05, 4.69) is 15.3 Å². The highest BCUT2D eigenvalue weighted by molar-refractivity contribution is 5.97. The van der Waals surface area contributed by atoms with E-state index in [-0.39, 0.29) is 36.0 Å². The first kappa shape index (κ1) is 24.9. The highest BCUT2D eigenvalue weighted by Gasteiger charge is 2.39. The van der Waals surface area contributed by atoms with Gasteiger partial charge in [-0.3, -0.25) is 9.59 Å². The molecule has 0 spiro atoms. The first-order chi connectivity index (χ1) is 16.9. The molecule has 1 aromatic heterocycles. The van der Waals surface area contributed by atoms with Gasteiger partial charge in [-0.2, -0.15) is 13.2 Å². The first-order valence-corrected chi connectivity index (χ1v) is 10.9. The van der Waals surface area contributed by atoms with E-state index in [1.165, 1.54) is 23.1 Å². The molecule has 12 heteroatoms. The predicted molar refractivity (Wildman–Crippen MR) is 122 cm³/mol. The molecule has 188 valence electrons. The quantitative estimate of drug-likeness (QED) is 0.475. The number of anilines is 2. The lowest BCUT2D eigenvalue weighted by Crippen LogP contribution is -2.51. The number of hydrogen-bond acceptors (Lipinski definition) is 6. The fourth-order valence-electron chi connectivity index (χ4n) is 4.10. The smallest absolute Gasteiger partial charge is 0.416 e. The third kappa shape index (κ3) is 5.07. The molecule has 1 amide bonds. The van der Waals surface area contributed by atoms with Gasteiger partial charge in [-0.25, -0.2) is 14.8 Å². The number of carbonyl (C=O) groups is 3. The van der Waals surface area contributed by atoms with Gasteiger partial charge < -0.3 is 20.4 Å². The van der Waals surface area contributed by atoms with Gasteiger partial charge in [-0.15, -0.1) is 0 Å². The number of hydrogen-bond donors (Lipinski definition) is 3. The first-order valence-electron chi connectivity index (χ1n) is 10.9. The summed E-state index contributed by atoms with van der Waals surface area (Å²) in [6.07, 6.45) is -4.49. The maximum absolute atomic E-state index is 13.0. The van der Waals surface area contributed by atoms with E-state index in [0.717, 1.165) is 12.1 Å². The van der Waals surface area contributed by atoms with Crippen molar-refractivity contribution >= 4 is 40.4 Å². The number of nitrogens with zero attached hydrogens (tertiary/aromatic N) is 3. The van der Waals surface area contributed by atoms with Gasteiger partial charge in [0, 0.05) is 17.8 Å². The number of amides is 1. The maximum Gasteiger partial charge on any atom is 0.416 e. The third-order valence-corrected chi connectivity index (χ3v) is 6.06. The zero-order valence-electron chi connectivity index (χ0n) is 18.9. The molecule has 1 fully saturated rings. The van der Waals surface area contributed by atoms with Gasteiger partial charge in [-0.1, -0.05) is 0 Å². The molecular formula is C24H21F3N4O5. The molecule has 1 aliphatic rings. The lowest BCUT2D eigenvalue weighted by atomic mass is 9.90. The summed E-state index contributed by atoms with van der Waals surface area (Å²) in [5.74, 6) is -3.38. The van der Waals surface area contributed by atoms with Crippen molar-refractivity contribution in [1.29, 1.82) is 0 Å². The summed E-state index contributed by atoms with van der Waals surface area (Å²) in [5.41, 5.74) is 0.673. The molecule has 0 radical (unpaired) electrons. The topological polar surface area (TPSA) is 133 Å². The predicted octanol–water partition coefficient (Wildman–Crippen LogP) is 4.09. The molecule has 1 aliphatic heterocycles. The number of benzene rings is 2. The van der Waals surface area contributed by atoms with Crippen molar-refractivity contribution < 1.29 is 37.8 Å². The van der Waals surface area contributed by atoms with E-state index in [1.807, 2.05) is 0 Å². The van der Waals surface area contributed by atoms with Gasteiger partial charge in [0.05, 0.1) is 28.2 Å². The van der Waals surface area contributed by atoms with Crippen molar-refractivity contribution in [2.45, 2.75) is 32.0 Å². The number of aliphatic carboxylic acids is 2. The number of carboxylic acids is 2. The van der Waals surface area contributed by atoms with Crippen LogP contribution in [0.25, 0.3) is 11.0 Å². The van der Waals surface area contributed by atoms with E-state index >= 15 is 0 Å². The zero-order valence-corrected chi connectivity index (χ0v) is 18.9. The summed E-state index contributed by atoms with van der Waals surface area (Å²) in [6, 6.07) is 8.00. The van der Waals surface area contributed by atoms with Crippen LogP contribution in [0.2, 0.25) is 0 Å². The number of halogens is 3. The second-order valence-electron chi connectivity index (χ2n) is 8.47. The fraction of sp³-hybridized carbons (Fsp3) is 0.292. The highest BCUT2D eigenvalue weighted by Crippen LogP contribution is 2.31. The Balaban J connectivity index is 1.51. The van der Waals surface area contributed by atoms with E-state index in [9.17, 15) is 37.8 Å². The van der Waals surface area contributed by atoms with Crippen LogP contribution < -0.4 is 5.32 Å². The molecule has 2 atom stereocenters. The van der Waals surface area contributed by atoms with E-state index < -0.39 is 41.5 Å². The van der Waals surface area contributed by atoms with Crippen LogP contribution in [0.1, 0.15) is 34.5 Å². The molecule has 1 saturated heterocycles. The summed E-state index contributed by atoms with van der Waals surface area (Å²) in [5, 5.41) is 21.7. The Morgan fingerprint density at radius 2 is 1.69 bits per heavy atom. The molecule has 9 nitrogen and oxygen atoms in total. The van der Waals surface area contributed by atoms with Crippen LogP contribution in [0.4, 0.5) is 24.7 Å². The summed E-state index contributed by atoms with van der Waals surface area (Å²) in [4.78, 5) is 45.6. The van der Waals surface area contributed by atoms with Gasteiger partial charge in [0.25, 0.3) is 5.91 Å². The Hall–Kier alpha value is -4.22. The molecule has 0 aliphatic carbocycles. The Labute approximate surface area is 202 Å². The van der Waals surface area contributed by atoms with Crippen LogP contribution in [0.3, 0.4) is 0 Å². The van der Waals surface area contributed by atoms with Gasteiger partial charge in [0.2, 0.25) is 0 Å². The summed E-state index contributed by atoms with van der Waals surface area (Å²) >= 11 is 0. The van der Waals surface area contributed by atoms with Crippen LogP contribution in [0, 0.1) is 12.8 Å². The van der Waals surface area contributed by atoms with Crippen LogP contribution in [0.5, 0.6) is 0 Å². The van der Waals surface area contributed by atoms with Crippen molar-refractivity contribution in [2.75, 3.05) is 11.9 Å². The number of aromatic nitrogens is 2. The van der Waals surface area contributed by atoms with Crippen molar-refractivity contribution in [3.8, 4) is 0 Å². The molecule has 0 saturated carbocycles. The lowest BCUT2D eigenvalue weighted by molar-refractivity contribution is -0.149. The normalized spacial score (nSPS) is 18.2. The van der Waals surface area contributed by atoms with Crippen molar-refractivity contribution in [3.63, 3.8) is 0 Å². The molecule has 3 aromatic rings. The summed E-state index contributed by atoms with van der Waals surface area (Å²) in [6.45, 7) is 1.61. The number of alkyl halides is 3. The molecule has 2 heterocycles. The molecule has 2 unspecified atom stereocenters. The highest BCUT2D eigenvalue weighted by atomic mass is 19.4. The second-order valence-corrected chi connectivity index (χ2v) is 8.47. The molecule has 3 N–H and O–H groups in total. The number of likely N-dealkylation sites (tertiary alicyclic amines) is 1. The van der Waals surface area contributed by atoms with E-state index in [4.69, 9.17) is 0 Å². The fourth-order valence-corrected chi connectivity index (χ4v) is 4.10. The summed E-state index contributed by atoms with van der Waals surface area (Å²) in [7, 11) is 0. The zero-order chi connectivity index (χ0) is 26.2. The largest absolute Gasteiger partial charge is 0.481 e. The third-order valence-electron chi connectivity index (χ3n) is 6.06. The molecule has 36 heavy (non-hydrogen) atoms. The second kappa shape index (κ2) is 9.44. The van der Waals surface area contributed by atoms with Gasteiger partial charge in [0.1, 0.15) is 6.04 Å². The van der Waals surface area contributed by atoms with Crippen LogP contribution >= 0.6 is 0 Å². The van der Waals surface area contributed by atoms with Crippen LogP contribution in [-0.4, -0.2) is 55.5 Å². The van der Waals surface area contributed by atoms with Crippen LogP contribution in [0.15, 0.2) is 42.5 Å². The number of carboxylic acid groups (broad SMARTS) is 2. The minimum Gasteiger partial charge on any atom is -0.481 e. The Kier molecular flexibility index (Phi) is 6.53. The lowest BCUT2D eigenvalue weighted by Gasteiger charge is -2.35. The number of aryl methyl sites for hydroxylation is 1. The molecular weight excluding hydrogens is 481 g/mol. The van der Waals surface area contributed by atoms with Gasteiger partial charge >= 0.3 is 18.1 Å². The SMILES string of the molecule is Cc1nc2cc(C(F)(F)F)ccc2nc1Nc1ccc(C(=O)N2CCC(C(=O)O)CC2C(=O)O)cc1. The minimum atomic E-state index is -4.49. The number of fused-ring (bicyclic) bond motifs is 1. The Morgan fingerprint density at radius 3 is 2.31 bits per heavy atom. The number of piperidine rings is 1. The number of nitrogens with one attached hydrogen (secondary N) is 1. The monoisotopic (exact) mass is 502 g/mol. The summed E-state index contributed by atoms with van der Waals surface area (Å²) < 4.78 is 38.9. The van der Waals surface area contributed by atoms with Gasteiger partial charge in [-0.05, 0) is 62.2 Å². The van der Waals surface area contributed by atoms with E-state index in [0.29, 0.717) is 17.2 Å². The Bertz CT molecular complexity index is 1340. The standard InChI is InChI=1S/C24H21F3N4O5/c1-12-20(30-17-7-4-15(24(25,26)27)11-18(17)28-12)29-16-5-2-13(3-6-16)21(32)31-9-8-14(22(33)34)10-19(31)23(35)36/h2-7,11,14,19H,8-10H2,1H3,(H,29,30)(H,33,34)(H,35,36). The molecule has 4 rings (SSSR count). The minimum absolute atomic E-state index is 0.00863. The van der Waals surface area contributed by atoms with Gasteiger partial charge in [0.15, 0.2) is 5.82 Å². The maximum atomic E-state index is 13.0. The average molecular weight is 502 g/mol. The van der Waals surface area contributed by atoms with Crippen molar-refractivity contribution in [3.05, 3.63) is 59.3 Å². The number of carbonyl (C=O) groups excluding carboxylic acids is 1. The average Bonchev–Trinajstić information content (AvgIpc) is 2.83. The van der Waals surface area contributed by atoms with E-state index in [1.54, 1.807) is 19.1 Å². The number of rotatable bonds is 5. The molecule has 0 bridgehead atoms. The molecule has 2 aromatic carbocycles.